The molecule has 0 saturated heterocycles. The number of hydrogen-bond donors (Lipinski definition) is 1. The molecule has 0 unspecified atom stereocenters. The van der Waals surface area contributed by atoms with Crippen molar-refractivity contribution >= 4 is 11.5 Å². The molecule has 6 nitrogen and oxygen atoms in total. The van der Waals surface area contributed by atoms with Crippen LogP contribution in [0.25, 0.3) is 0 Å². The summed E-state index contributed by atoms with van der Waals surface area (Å²) in [5, 5.41) is 14.6. The summed E-state index contributed by atoms with van der Waals surface area (Å²) in [6, 6.07) is 6.06. The van der Waals surface area contributed by atoms with E-state index in [9.17, 15) is 10.1 Å². The van der Waals surface area contributed by atoms with Crippen molar-refractivity contribution in [3.8, 4) is 0 Å². The lowest BCUT2D eigenvalue weighted by Gasteiger charge is -2.08. The maximum atomic E-state index is 10.7. The van der Waals surface area contributed by atoms with Crippen molar-refractivity contribution in [1.82, 2.24) is 9.78 Å². The van der Waals surface area contributed by atoms with Crippen LogP contribution in [0.5, 0.6) is 0 Å². The molecule has 0 saturated carbocycles. The van der Waals surface area contributed by atoms with Gasteiger partial charge in [0.1, 0.15) is 6.20 Å². The number of anilines is 1. The molecular formula is C12H14N4O2. The van der Waals surface area contributed by atoms with Crippen LogP contribution in [0.4, 0.5) is 11.5 Å². The smallest absolute Gasteiger partial charge is 0.330 e. The molecule has 0 radical (unpaired) electrons. The Morgan fingerprint density at radius 3 is 2.78 bits per heavy atom. The molecule has 94 valence electrons. The summed E-state index contributed by atoms with van der Waals surface area (Å²) in [6.07, 6.45) is 1.18. The Balaban J connectivity index is 2.34. The van der Waals surface area contributed by atoms with Crippen LogP contribution in [0.3, 0.4) is 0 Å². The molecule has 0 aliphatic carbocycles. The second-order valence-electron chi connectivity index (χ2n) is 4.26. The van der Waals surface area contributed by atoms with Gasteiger partial charge in [0.15, 0.2) is 0 Å². The van der Waals surface area contributed by atoms with Crippen molar-refractivity contribution in [2.75, 3.05) is 5.73 Å². The third-order valence-corrected chi connectivity index (χ3v) is 2.88. The van der Waals surface area contributed by atoms with Crippen LogP contribution in [-0.2, 0) is 6.54 Å². The van der Waals surface area contributed by atoms with E-state index in [4.69, 9.17) is 5.73 Å². The molecular weight excluding hydrogens is 232 g/mol. The van der Waals surface area contributed by atoms with Crippen LogP contribution in [0.1, 0.15) is 16.7 Å². The number of nitrogens with two attached hydrogens (primary N) is 1. The minimum atomic E-state index is -0.526. The Bertz CT molecular complexity index is 604. The lowest BCUT2D eigenvalue weighted by Crippen LogP contribution is -2.08. The maximum Gasteiger partial charge on any atom is 0.330 e. The summed E-state index contributed by atoms with van der Waals surface area (Å²) in [5.74, 6) is 0.0842. The van der Waals surface area contributed by atoms with E-state index in [-0.39, 0.29) is 11.5 Å². The van der Waals surface area contributed by atoms with E-state index in [1.165, 1.54) is 10.9 Å². The van der Waals surface area contributed by atoms with Gasteiger partial charge in [-0.15, -0.1) is 0 Å². The first-order chi connectivity index (χ1) is 8.49. The number of nitrogen functional groups attached to an aromatic ring is 1. The largest absolute Gasteiger partial charge is 0.378 e. The van der Waals surface area contributed by atoms with Gasteiger partial charge < -0.3 is 5.73 Å². The second-order valence-corrected chi connectivity index (χ2v) is 4.26. The third-order valence-electron chi connectivity index (χ3n) is 2.88. The van der Waals surface area contributed by atoms with Crippen LogP contribution < -0.4 is 5.73 Å². The predicted octanol–water partition coefficient (Wildman–Crippen LogP) is 2.04. The molecule has 1 aromatic carbocycles. The van der Waals surface area contributed by atoms with E-state index in [1.54, 1.807) is 0 Å². The highest BCUT2D eigenvalue weighted by Gasteiger charge is 2.17. The molecule has 1 aromatic heterocycles. The van der Waals surface area contributed by atoms with E-state index in [2.05, 4.69) is 5.10 Å². The number of hydrogen-bond acceptors (Lipinski definition) is 4. The Hall–Kier alpha value is -2.37. The quantitative estimate of drug-likeness (QED) is 0.663. The van der Waals surface area contributed by atoms with Crippen molar-refractivity contribution in [1.29, 1.82) is 0 Å². The third kappa shape index (κ3) is 2.17. The van der Waals surface area contributed by atoms with Crippen LogP contribution >= 0.6 is 0 Å². The Kier molecular flexibility index (Phi) is 3.01. The molecule has 0 aliphatic heterocycles. The van der Waals surface area contributed by atoms with E-state index in [0.29, 0.717) is 6.54 Å². The average Bonchev–Trinajstić information content (AvgIpc) is 2.66. The fourth-order valence-corrected chi connectivity index (χ4v) is 1.78. The monoisotopic (exact) mass is 246 g/mol. The zero-order valence-electron chi connectivity index (χ0n) is 10.3. The zero-order chi connectivity index (χ0) is 13.3. The van der Waals surface area contributed by atoms with Gasteiger partial charge in [-0.3, -0.25) is 10.1 Å². The van der Waals surface area contributed by atoms with Gasteiger partial charge in [0.05, 0.1) is 11.5 Å². The number of benzene rings is 1. The fourth-order valence-electron chi connectivity index (χ4n) is 1.78. The molecule has 6 heteroatoms. The summed E-state index contributed by atoms with van der Waals surface area (Å²) in [5.41, 5.74) is 8.85. The summed E-state index contributed by atoms with van der Waals surface area (Å²) < 4.78 is 1.44. The second kappa shape index (κ2) is 4.48. The van der Waals surface area contributed by atoms with Crippen LogP contribution in [0, 0.1) is 24.0 Å². The Morgan fingerprint density at radius 1 is 1.44 bits per heavy atom. The van der Waals surface area contributed by atoms with E-state index in [0.717, 1.165) is 16.7 Å². The van der Waals surface area contributed by atoms with Gasteiger partial charge in [-0.1, -0.05) is 23.8 Å². The number of nitrogens with zero attached hydrogens (tertiary/aromatic N) is 3. The van der Waals surface area contributed by atoms with Gasteiger partial charge in [0.2, 0.25) is 5.82 Å². The summed E-state index contributed by atoms with van der Waals surface area (Å²) in [7, 11) is 0. The Morgan fingerprint density at radius 2 is 2.17 bits per heavy atom. The van der Waals surface area contributed by atoms with Gasteiger partial charge in [-0.05, 0) is 25.0 Å². The van der Waals surface area contributed by atoms with Crippen LogP contribution in [0.2, 0.25) is 0 Å². The normalized spacial score (nSPS) is 10.6. The average molecular weight is 246 g/mol. The number of nitro groups is 1. The fraction of sp³-hybridized carbons (Fsp3) is 0.250. The van der Waals surface area contributed by atoms with E-state index in [1.807, 2.05) is 32.0 Å². The van der Waals surface area contributed by atoms with Crippen molar-refractivity contribution in [3.05, 3.63) is 51.2 Å². The highest BCUT2D eigenvalue weighted by atomic mass is 16.6. The highest BCUT2D eigenvalue weighted by molar-refractivity contribution is 5.51. The first-order valence-corrected chi connectivity index (χ1v) is 5.51. The van der Waals surface area contributed by atoms with Crippen molar-refractivity contribution in [3.63, 3.8) is 0 Å². The maximum absolute atomic E-state index is 10.7. The predicted molar refractivity (Wildman–Crippen MR) is 68.3 cm³/mol. The lowest BCUT2D eigenvalue weighted by molar-refractivity contribution is -0.384. The molecule has 2 rings (SSSR count). The van der Waals surface area contributed by atoms with Gasteiger partial charge in [0.25, 0.3) is 0 Å². The molecule has 0 fully saturated rings. The summed E-state index contributed by atoms with van der Waals surface area (Å²) in [4.78, 5) is 10.2. The molecule has 0 aliphatic rings. The van der Waals surface area contributed by atoms with Crippen LogP contribution in [-0.4, -0.2) is 14.7 Å². The number of rotatable bonds is 3. The molecule has 2 N–H and O–H groups in total. The van der Waals surface area contributed by atoms with Gasteiger partial charge in [-0.2, -0.15) is 5.10 Å². The molecule has 0 amide bonds. The first kappa shape index (κ1) is 12.1. The molecule has 0 atom stereocenters. The minimum Gasteiger partial charge on any atom is -0.378 e. The SMILES string of the molecule is Cc1ccc(C)c(Cn2ncc([N+](=O)[O-])c2N)c1. The van der Waals surface area contributed by atoms with E-state index < -0.39 is 4.92 Å². The van der Waals surface area contributed by atoms with Crippen molar-refractivity contribution in [2.45, 2.75) is 20.4 Å². The topological polar surface area (TPSA) is 87.0 Å². The highest BCUT2D eigenvalue weighted by Crippen LogP contribution is 2.21. The zero-order valence-corrected chi connectivity index (χ0v) is 10.3. The number of aromatic nitrogens is 2. The van der Waals surface area contributed by atoms with Gasteiger partial charge >= 0.3 is 5.69 Å². The molecule has 18 heavy (non-hydrogen) atoms. The summed E-state index contributed by atoms with van der Waals surface area (Å²) >= 11 is 0. The lowest BCUT2D eigenvalue weighted by atomic mass is 10.1. The molecule has 1 heterocycles. The molecule has 0 spiro atoms. The van der Waals surface area contributed by atoms with Gasteiger partial charge in [0, 0.05) is 0 Å². The number of aryl methyl sites for hydroxylation is 2. The Labute approximate surface area is 104 Å². The van der Waals surface area contributed by atoms with E-state index >= 15 is 0 Å². The van der Waals surface area contributed by atoms with Gasteiger partial charge in [-0.25, -0.2) is 4.68 Å². The minimum absolute atomic E-state index is 0.0842. The van der Waals surface area contributed by atoms with Crippen molar-refractivity contribution in [2.24, 2.45) is 0 Å². The van der Waals surface area contributed by atoms with Crippen LogP contribution in [0.15, 0.2) is 24.4 Å². The molecule has 2 aromatic rings. The van der Waals surface area contributed by atoms with Crippen molar-refractivity contribution < 1.29 is 4.92 Å². The standard InChI is InChI=1S/C12H14N4O2/c1-8-3-4-9(2)10(5-8)7-15-12(13)11(6-14-15)16(17)18/h3-6H,7,13H2,1-2H3. The molecule has 0 bridgehead atoms. The summed E-state index contributed by atoms with van der Waals surface area (Å²) in [6.45, 7) is 4.42. The first-order valence-electron chi connectivity index (χ1n) is 5.51.